The van der Waals surface area contributed by atoms with Crippen LogP contribution in [0.15, 0.2) is 24.5 Å². The number of esters is 1. The number of nitrogens with zero attached hydrogens (tertiary/aromatic N) is 2. The Balaban J connectivity index is 0.00000129. The van der Waals surface area contributed by atoms with Gasteiger partial charge in [-0.1, -0.05) is 0 Å². The Kier molecular flexibility index (Phi) is 8.78. The highest BCUT2D eigenvalue weighted by molar-refractivity contribution is 5.89. The molecule has 10 nitrogen and oxygen atoms in total. The first-order valence-electron chi connectivity index (χ1n) is 7.09. The van der Waals surface area contributed by atoms with Crippen LogP contribution in [-0.2, 0) is 14.3 Å². The van der Waals surface area contributed by atoms with Gasteiger partial charge in [0.2, 0.25) is 0 Å². The van der Waals surface area contributed by atoms with Gasteiger partial charge in [0, 0.05) is 31.7 Å². The van der Waals surface area contributed by atoms with Gasteiger partial charge in [-0.3, -0.25) is 9.78 Å². The summed E-state index contributed by atoms with van der Waals surface area (Å²) in [6.45, 7) is 1.01. The lowest BCUT2D eigenvalue weighted by Crippen LogP contribution is -2.54. The van der Waals surface area contributed by atoms with Gasteiger partial charge in [0.1, 0.15) is 6.54 Å². The van der Waals surface area contributed by atoms with E-state index in [0.29, 0.717) is 0 Å². The van der Waals surface area contributed by atoms with Crippen molar-refractivity contribution < 1.29 is 38.6 Å². The standard InChI is InChI=1S/C13H17N3O5.C2H4O2/c1-16(2,13(14)20)8-10(6-11(17)18)21-12(19)9-4-3-5-15-7-9;1-2(3)4/h3-5,7,10H,6,8H2,1-2H3,(H2-,14,17,18,20);1H3,(H,3,4). The molecule has 0 aliphatic rings. The summed E-state index contributed by atoms with van der Waals surface area (Å²) in [4.78, 5) is 46.7. The molecule has 0 fully saturated rings. The van der Waals surface area contributed by atoms with E-state index >= 15 is 0 Å². The van der Waals surface area contributed by atoms with Gasteiger partial charge >= 0.3 is 12.0 Å². The SMILES string of the molecule is CC(=O)O.C[N+](C)(CC(CC(=O)[O-])OC(=O)c1cccnc1)C(N)=O. The van der Waals surface area contributed by atoms with Crippen LogP contribution in [0.25, 0.3) is 0 Å². The number of aromatic nitrogens is 1. The van der Waals surface area contributed by atoms with Crippen molar-refractivity contribution >= 4 is 23.9 Å². The van der Waals surface area contributed by atoms with Crippen LogP contribution in [0.2, 0.25) is 0 Å². The number of amides is 2. The molecule has 0 aromatic carbocycles. The first-order valence-corrected chi connectivity index (χ1v) is 7.09. The second kappa shape index (κ2) is 9.98. The number of carboxylic acid groups (broad SMARTS) is 2. The second-order valence-electron chi connectivity index (χ2n) is 5.57. The van der Waals surface area contributed by atoms with Gasteiger partial charge < -0.3 is 25.5 Å². The van der Waals surface area contributed by atoms with E-state index < -0.39 is 36.5 Å². The number of carboxylic acids is 2. The summed E-state index contributed by atoms with van der Waals surface area (Å²) in [6, 6.07) is 2.36. The van der Waals surface area contributed by atoms with E-state index in [1.54, 1.807) is 6.07 Å². The number of primary amides is 1. The average Bonchev–Trinajstić information content (AvgIpc) is 2.46. The van der Waals surface area contributed by atoms with Gasteiger partial charge in [-0.2, -0.15) is 0 Å². The van der Waals surface area contributed by atoms with Gasteiger partial charge in [-0.15, -0.1) is 0 Å². The van der Waals surface area contributed by atoms with Gasteiger partial charge in [0.05, 0.1) is 19.7 Å². The Morgan fingerprint density at radius 1 is 1.36 bits per heavy atom. The van der Waals surface area contributed by atoms with Crippen molar-refractivity contribution in [3.8, 4) is 0 Å². The van der Waals surface area contributed by atoms with E-state index in [1.807, 2.05) is 0 Å². The maximum Gasteiger partial charge on any atom is 0.413 e. The van der Waals surface area contributed by atoms with Crippen molar-refractivity contribution in [3.05, 3.63) is 30.1 Å². The largest absolute Gasteiger partial charge is 0.550 e. The number of pyridine rings is 1. The minimum atomic E-state index is -1.39. The van der Waals surface area contributed by atoms with E-state index in [4.69, 9.17) is 20.4 Å². The molecule has 0 radical (unpaired) electrons. The first-order chi connectivity index (χ1) is 11.5. The molecule has 1 atom stereocenters. The number of quaternary nitrogens is 1. The van der Waals surface area contributed by atoms with Gasteiger partial charge in [0.25, 0.3) is 5.97 Å². The quantitative estimate of drug-likeness (QED) is 0.485. The van der Waals surface area contributed by atoms with Crippen molar-refractivity contribution in [2.24, 2.45) is 5.73 Å². The zero-order valence-electron chi connectivity index (χ0n) is 14.2. The molecule has 0 aliphatic heterocycles. The number of hydrogen-bond acceptors (Lipinski definition) is 7. The van der Waals surface area contributed by atoms with E-state index in [1.165, 1.54) is 32.6 Å². The number of carbonyl (C=O) groups is 4. The molecule has 1 rings (SSSR count). The number of likely N-dealkylation sites (N-methyl/N-ethyl adjacent to an activating group) is 1. The van der Waals surface area contributed by atoms with Crippen LogP contribution in [0.4, 0.5) is 4.79 Å². The van der Waals surface area contributed by atoms with Crippen molar-refractivity contribution in [2.45, 2.75) is 19.4 Å². The molecule has 3 N–H and O–H groups in total. The van der Waals surface area contributed by atoms with Gasteiger partial charge in [0.15, 0.2) is 6.10 Å². The molecule has 25 heavy (non-hydrogen) atoms. The summed E-state index contributed by atoms with van der Waals surface area (Å²) < 4.78 is 4.79. The molecular formula is C15H21N3O7. The molecule has 10 heteroatoms. The van der Waals surface area contributed by atoms with Gasteiger partial charge in [-0.05, 0) is 12.1 Å². The van der Waals surface area contributed by atoms with Crippen molar-refractivity contribution in [2.75, 3.05) is 20.6 Å². The van der Waals surface area contributed by atoms with E-state index in [9.17, 15) is 19.5 Å². The molecular weight excluding hydrogens is 334 g/mol. The third-order valence-corrected chi connectivity index (χ3v) is 2.82. The van der Waals surface area contributed by atoms with Gasteiger partial charge in [-0.25, -0.2) is 14.1 Å². The van der Waals surface area contributed by atoms with Crippen LogP contribution < -0.4 is 10.8 Å². The fourth-order valence-corrected chi connectivity index (χ4v) is 1.63. The lowest BCUT2D eigenvalue weighted by Gasteiger charge is -2.29. The van der Waals surface area contributed by atoms with Crippen LogP contribution in [0.3, 0.4) is 0 Å². The zero-order chi connectivity index (χ0) is 19.6. The summed E-state index contributed by atoms with van der Waals surface area (Å²) in [7, 11) is 2.98. The van der Waals surface area contributed by atoms with Crippen LogP contribution in [-0.4, -0.2) is 65.3 Å². The lowest BCUT2D eigenvalue weighted by molar-refractivity contribution is -0.811. The van der Waals surface area contributed by atoms with Crippen LogP contribution in [0.5, 0.6) is 0 Å². The van der Waals surface area contributed by atoms with E-state index in [2.05, 4.69) is 4.98 Å². The number of ether oxygens (including phenoxy) is 1. The lowest BCUT2D eigenvalue weighted by atomic mass is 10.2. The Morgan fingerprint density at radius 3 is 2.32 bits per heavy atom. The highest BCUT2D eigenvalue weighted by Crippen LogP contribution is 2.10. The molecule has 1 aromatic heterocycles. The summed E-state index contributed by atoms with van der Waals surface area (Å²) in [6.07, 6.45) is 1.22. The average molecular weight is 355 g/mol. The monoisotopic (exact) mass is 355 g/mol. The summed E-state index contributed by atoms with van der Waals surface area (Å²) in [5.74, 6) is -2.94. The molecule has 2 amide bonds. The van der Waals surface area contributed by atoms with Crippen LogP contribution in [0.1, 0.15) is 23.7 Å². The fraction of sp³-hybridized carbons (Fsp3) is 0.400. The maximum atomic E-state index is 11.9. The third-order valence-electron chi connectivity index (χ3n) is 2.82. The highest BCUT2D eigenvalue weighted by Gasteiger charge is 2.30. The number of carbonyl (C=O) groups excluding carboxylic acids is 3. The van der Waals surface area contributed by atoms with Crippen molar-refractivity contribution in [1.82, 2.24) is 4.98 Å². The van der Waals surface area contributed by atoms with E-state index in [-0.39, 0.29) is 16.6 Å². The number of nitrogens with two attached hydrogens (primary N) is 1. The number of urea groups is 1. The molecule has 0 saturated carbocycles. The van der Waals surface area contributed by atoms with Crippen LogP contribution in [0, 0.1) is 0 Å². The Morgan fingerprint density at radius 2 is 1.92 bits per heavy atom. The Bertz CT molecular complexity index is 613. The predicted octanol–water partition coefficient (Wildman–Crippen LogP) is -1.01. The Labute approximate surface area is 144 Å². The zero-order valence-corrected chi connectivity index (χ0v) is 14.2. The van der Waals surface area contributed by atoms with Crippen LogP contribution >= 0.6 is 0 Å². The Hall–Kier alpha value is -3.01. The minimum absolute atomic E-state index is 0.0741. The predicted molar refractivity (Wildman–Crippen MR) is 82.9 cm³/mol. The first kappa shape index (κ1) is 22.0. The normalized spacial score (nSPS) is 11.5. The molecule has 138 valence electrons. The molecule has 0 saturated heterocycles. The summed E-state index contributed by atoms with van der Waals surface area (Å²) in [5, 5.41) is 18.2. The summed E-state index contributed by atoms with van der Waals surface area (Å²) in [5.41, 5.74) is 5.40. The smallest absolute Gasteiger partial charge is 0.413 e. The molecule has 0 spiro atoms. The fourth-order valence-electron chi connectivity index (χ4n) is 1.63. The molecule has 1 unspecified atom stereocenters. The highest BCUT2D eigenvalue weighted by atomic mass is 16.5. The van der Waals surface area contributed by atoms with E-state index in [0.717, 1.165) is 6.92 Å². The van der Waals surface area contributed by atoms with Crippen molar-refractivity contribution in [1.29, 1.82) is 0 Å². The maximum absolute atomic E-state index is 11.9. The van der Waals surface area contributed by atoms with Crippen molar-refractivity contribution in [3.63, 3.8) is 0 Å². The summed E-state index contributed by atoms with van der Waals surface area (Å²) >= 11 is 0. The minimum Gasteiger partial charge on any atom is -0.550 e. The molecule has 0 bridgehead atoms. The number of rotatable bonds is 6. The topological polar surface area (TPSA) is 160 Å². The molecule has 1 aromatic rings. The third kappa shape index (κ3) is 9.66. The number of aliphatic carboxylic acids is 2. The molecule has 0 aliphatic carbocycles. The molecule has 1 heterocycles. The number of hydrogen-bond donors (Lipinski definition) is 2. The second-order valence-corrected chi connectivity index (χ2v) is 5.57.